The Bertz CT molecular complexity index is 1590. The number of aliphatic imine (C=N–C) groups is 1. The smallest absolute Gasteiger partial charge is 0.246 e. The predicted octanol–water partition coefficient (Wildman–Crippen LogP) is 7.46. The van der Waals surface area contributed by atoms with Crippen molar-refractivity contribution >= 4 is 46.4 Å². The van der Waals surface area contributed by atoms with Gasteiger partial charge >= 0.3 is 0 Å². The van der Waals surface area contributed by atoms with Crippen LogP contribution in [0.5, 0.6) is 0 Å². The van der Waals surface area contributed by atoms with E-state index in [4.69, 9.17) is 0 Å². The molecule has 5 rings (SSSR count). The van der Waals surface area contributed by atoms with Crippen molar-refractivity contribution in [3.63, 3.8) is 0 Å². The third kappa shape index (κ3) is 11.9. The summed E-state index contributed by atoms with van der Waals surface area (Å²) in [7, 11) is 1.91. The van der Waals surface area contributed by atoms with E-state index in [2.05, 4.69) is 22.2 Å². The summed E-state index contributed by atoms with van der Waals surface area (Å²) in [4.78, 5) is 48.0. The molecule has 2 amide bonds. The molecule has 1 aromatic heterocycles. The van der Waals surface area contributed by atoms with Gasteiger partial charge in [-0.05, 0) is 73.1 Å². The Morgan fingerprint density at radius 2 is 1.74 bits per heavy atom. The van der Waals surface area contributed by atoms with Gasteiger partial charge in [0.25, 0.3) is 0 Å². The second-order valence-electron chi connectivity index (χ2n) is 10.4. The molecule has 0 aliphatic carbocycles. The first-order chi connectivity index (χ1) is 22.9. The average molecular weight is 656 g/mol. The quantitative estimate of drug-likeness (QED) is 0.169. The van der Waals surface area contributed by atoms with Crippen LogP contribution in [0.2, 0.25) is 0 Å². The third-order valence-electron chi connectivity index (χ3n) is 6.72. The number of amides is 2. The topological polar surface area (TPSA) is 95.0 Å². The lowest BCUT2D eigenvalue weighted by Gasteiger charge is -2.17. The first-order valence-electron chi connectivity index (χ1n) is 15.6. The molecule has 10 heteroatoms. The summed E-state index contributed by atoms with van der Waals surface area (Å²) in [5.41, 5.74) is 3.85. The van der Waals surface area contributed by atoms with Gasteiger partial charge in [0.05, 0.1) is 25.0 Å². The lowest BCUT2D eigenvalue weighted by molar-refractivity contribution is -0.126. The first-order valence-corrected chi connectivity index (χ1v) is 16.5. The highest BCUT2D eigenvalue weighted by Crippen LogP contribution is 2.41. The maximum Gasteiger partial charge on any atom is 0.246 e. The zero-order valence-electron chi connectivity index (χ0n) is 27.3. The van der Waals surface area contributed by atoms with Gasteiger partial charge in [-0.1, -0.05) is 87.1 Å². The number of rotatable bonds is 11. The number of halogens is 1. The van der Waals surface area contributed by atoms with Gasteiger partial charge in [0, 0.05) is 18.3 Å². The molecule has 1 atom stereocenters. The van der Waals surface area contributed by atoms with E-state index in [-0.39, 0.29) is 24.2 Å². The van der Waals surface area contributed by atoms with Gasteiger partial charge < -0.3 is 10.1 Å². The van der Waals surface area contributed by atoms with Gasteiger partial charge in [-0.3, -0.25) is 24.4 Å². The number of carbonyl (C=O) groups excluding carboxylic acids is 3. The number of hydrogen-bond acceptors (Lipinski definition) is 7. The summed E-state index contributed by atoms with van der Waals surface area (Å²) in [6, 6.07) is 26.8. The van der Waals surface area contributed by atoms with Crippen LogP contribution in [0.15, 0.2) is 108 Å². The molecule has 1 N–H and O–H groups in total. The molecule has 3 aromatic carbocycles. The number of carbonyl (C=O) groups is 3. The van der Waals surface area contributed by atoms with Crippen molar-refractivity contribution in [3.8, 4) is 0 Å². The molecule has 0 radical (unpaired) electrons. The van der Waals surface area contributed by atoms with Gasteiger partial charge in [-0.2, -0.15) is 0 Å². The number of aromatic nitrogens is 1. The number of hydrogen-bond donors (Lipinski definition) is 1. The lowest BCUT2D eigenvalue weighted by Crippen LogP contribution is -2.30. The maximum absolute atomic E-state index is 13.8. The second kappa shape index (κ2) is 19.8. The highest BCUT2D eigenvalue weighted by atomic mass is 32.2. The molecule has 4 aromatic rings. The van der Waals surface area contributed by atoms with E-state index in [1.807, 2.05) is 74.3 Å². The Morgan fingerprint density at radius 1 is 1.02 bits per heavy atom. The number of likely N-dealkylation sites (N-methyl/N-ethyl adjacent to an activating group) is 1. The minimum atomic E-state index is -0.505. The van der Waals surface area contributed by atoms with Crippen LogP contribution in [-0.2, 0) is 27.3 Å². The van der Waals surface area contributed by atoms with E-state index < -0.39 is 5.25 Å². The summed E-state index contributed by atoms with van der Waals surface area (Å²) in [6.45, 7) is 7.44. The van der Waals surface area contributed by atoms with Crippen LogP contribution in [0.4, 0.5) is 15.8 Å². The number of nitrogens with one attached hydrogen (secondary N) is 1. The molecule has 1 saturated heterocycles. The van der Waals surface area contributed by atoms with Crippen molar-refractivity contribution in [2.24, 2.45) is 4.99 Å². The molecule has 0 spiro atoms. The van der Waals surface area contributed by atoms with Crippen LogP contribution in [0.1, 0.15) is 49.1 Å². The highest BCUT2D eigenvalue weighted by molar-refractivity contribution is 8.15. The Kier molecular flexibility index (Phi) is 15.5. The summed E-state index contributed by atoms with van der Waals surface area (Å²) < 4.78 is 13.8. The van der Waals surface area contributed by atoms with Crippen LogP contribution in [-0.4, -0.2) is 58.2 Å². The lowest BCUT2D eigenvalue weighted by atomic mass is 10.1. The molecular weight excluding hydrogens is 614 g/mol. The predicted molar refractivity (Wildman–Crippen MR) is 189 cm³/mol. The molecule has 0 bridgehead atoms. The molecule has 8 nitrogen and oxygen atoms in total. The van der Waals surface area contributed by atoms with Gasteiger partial charge in [0.1, 0.15) is 17.4 Å². The number of aldehydes is 1. The summed E-state index contributed by atoms with van der Waals surface area (Å²) >= 11 is 1.34. The molecule has 1 aliphatic rings. The van der Waals surface area contributed by atoms with E-state index in [1.54, 1.807) is 47.6 Å². The van der Waals surface area contributed by atoms with Crippen LogP contribution < -0.4 is 5.32 Å². The van der Waals surface area contributed by atoms with E-state index in [0.29, 0.717) is 35.1 Å². The fraction of sp³-hybridized carbons (Fsp3) is 0.270. The minimum absolute atomic E-state index is 0.0859. The van der Waals surface area contributed by atoms with Crippen molar-refractivity contribution in [1.29, 1.82) is 0 Å². The number of pyridine rings is 1. The van der Waals surface area contributed by atoms with Crippen LogP contribution in [0.3, 0.4) is 0 Å². The van der Waals surface area contributed by atoms with E-state index >= 15 is 0 Å². The molecule has 1 unspecified atom stereocenters. The zero-order chi connectivity index (χ0) is 34.0. The van der Waals surface area contributed by atoms with Crippen molar-refractivity contribution in [2.75, 3.05) is 25.5 Å². The van der Waals surface area contributed by atoms with E-state index in [1.165, 1.54) is 23.9 Å². The second-order valence-corrected chi connectivity index (χ2v) is 11.5. The van der Waals surface area contributed by atoms with Crippen molar-refractivity contribution in [1.82, 2.24) is 14.8 Å². The Morgan fingerprint density at radius 3 is 2.38 bits per heavy atom. The fourth-order valence-electron chi connectivity index (χ4n) is 4.60. The number of amidine groups is 1. The number of benzene rings is 3. The highest BCUT2D eigenvalue weighted by Gasteiger charge is 2.39. The van der Waals surface area contributed by atoms with Gasteiger partial charge in [-0.15, -0.1) is 0 Å². The molecule has 0 saturated carbocycles. The summed E-state index contributed by atoms with van der Waals surface area (Å²) in [5, 5.41) is 2.92. The minimum Gasteiger partial charge on any atom is -0.325 e. The standard InChI is InChI=1S/C27H28FN5O2S.C8H8O.C2H6/c1-3-14-32(2)18-24(34)30-22-11-9-20(10-12-22)25-26(35)33(17-19-6-4-7-21(28)15-19)27(36-25)31-23-8-5-13-29-16-23;9-7-6-8-4-2-1-3-5-8;1-2/h4-13,15-16,25H,3,14,17-18H2,1-2H3,(H,30,34);1-5,7H,6H2;1-2H3. The Hall–Kier alpha value is -4.67. The van der Waals surface area contributed by atoms with Crippen LogP contribution >= 0.6 is 11.8 Å². The molecule has 1 aliphatic heterocycles. The third-order valence-corrected chi connectivity index (χ3v) is 7.95. The molecule has 47 heavy (non-hydrogen) atoms. The normalized spacial score (nSPS) is 14.6. The van der Waals surface area contributed by atoms with Gasteiger partial charge in [-0.25, -0.2) is 9.38 Å². The van der Waals surface area contributed by atoms with Crippen molar-refractivity contribution in [2.45, 2.75) is 45.4 Å². The SMILES string of the molecule is CC.CCCN(C)CC(=O)Nc1ccc(C2SC(=Nc3cccnc3)N(Cc3cccc(F)c3)C2=O)cc1.O=CCc1ccccc1. The summed E-state index contributed by atoms with van der Waals surface area (Å²) in [6.07, 6.45) is 5.71. The molecule has 2 heterocycles. The van der Waals surface area contributed by atoms with Crippen LogP contribution in [0.25, 0.3) is 0 Å². The number of anilines is 1. The van der Waals surface area contributed by atoms with Crippen molar-refractivity contribution in [3.05, 3.63) is 126 Å². The number of thioether (sulfide) groups is 1. The molecule has 1 fully saturated rings. The zero-order valence-corrected chi connectivity index (χ0v) is 28.1. The largest absolute Gasteiger partial charge is 0.325 e. The fourth-order valence-corrected chi connectivity index (χ4v) is 5.78. The molecule has 246 valence electrons. The van der Waals surface area contributed by atoms with Crippen molar-refractivity contribution < 1.29 is 18.8 Å². The van der Waals surface area contributed by atoms with E-state index in [9.17, 15) is 18.8 Å². The maximum atomic E-state index is 13.8. The first kappa shape index (κ1) is 36.8. The Labute approximate surface area is 281 Å². The number of nitrogens with zero attached hydrogens (tertiary/aromatic N) is 4. The molecular formula is C37H42FN5O3S. The summed E-state index contributed by atoms with van der Waals surface area (Å²) in [5.74, 6) is -0.574. The van der Waals surface area contributed by atoms with Gasteiger partial charge in [0.15, 0.2) is 5.17 Å². The Balaban J connectivity index is 0.000000466. The van der Waals surface area contributed by atoms with E-state index in [0.717, 1.165) is 30.4 Å². The van der Waals surface area contributed by atoms with Crippen LogP contribution in [0, 0.1) is 5.82 Å². The van der Waals surface area contributed by atoms with Gasteiger partial charge in [0.2, 0.25) is 11.8 Å². The average Bonchev–Trinajstić information content (AvgIpc) is 3.37. The monoisotopic (exact) mass is 655 g/mol.